The molecular formula is C18H20N2O2. The van der Waals surface area contributed by atoms with Crippen molar-refractivity contribution in [3.05, 3.63) is 59.4 Å². The summed E-state index contributed by atoms with van der Waals surface area (Å²) in [6, 6.07) is 9.56. The molecule has 0 aliphatic carbocycles. The zero-order chi connectivity index (χ0) is 15.7. The lowest BCUT2D eigenvalue weighted by atomic mass is 9.89. The third kappa shape index (κ3) is 2.96. The van der Waals surface area contributed by atoms with E-state index in [1.165, 1.54) is 0 Å². The number of aromatic nitrogens is 1. The number of pyridine rings is 1. The summed E-state index contributed by atoms with van der Waals surface area (Å²) in [5.41, 5.74) is 2.45. The number of fused-ring (bicyclic) bond motifs is 1. The van der Waals surface area contributed by atoms with Crippen LogP contribution < -0.4 is 10.1 Å². The predicted molar refractivity (Wildman–Crippen MR) is 84.9 cm³/mol. The Hall–Kier alpha value is -2.36. The van der Waals surface area contributed by atoms with Gasteiger partial charge in [0.25, 0.3) is 5.91 Å². The second kappa shape index (κ2) is 5.44. The van der Waals surface area contributed by atoms with Gasteiger partial charge in [0, 0.05) is 24.4 Å². The summed E-state index contributed by atoms with van der Waals surface area (Å²) >= 11 is 0. The number of carbonyl (C=O) groups is 1. The molecule has 114 valence electrons. The SMILES string of the molecule is Cc1ccc2c(c1)C(NC(=O)c1cccnc1)CC(C)(C)O2. The summed E-state index contributed by atoms with van der Waals surface area (Å²) in [6.45, 7) is 6.12. The van der Waals surface area contributed by atoms with E-state index in [-0.39, 0.29) is 17.6 Å². The van der Waals surface area contributed by atoms with Crippen LogP contribution in [0.25, 0.3) is 0 Å². The highest BCUT2D eigenvalue weighted by Crippen LogP contribution is 2.39. The molecule has 2 heterocycles. The van der Waals surface area contributed by atoms with Crippen LogP contribution in [0.3, 0.4) is 0 Å². The fourth-order valence-corrected chi connectivity index (χ4v) is 2.84. The fourth-order valence-electron chi connectivity index (χ4n) is 2.84. The number of benzene rings is 1. The summed E-state index contributed by atoms with van der Waals surface area (Å²) in [6.07, 6.45) is 3.97. The zero-order valence-electron chi connectivity index (χ0n) is 13.1. The fraction of sp³-hybridized carbons (Fsp3) is 0.333. The predicted octanol–water partition coefficient (Wildman–Crippen LogP) is 3.42. The van der Waals surface area contributed by atoms with Crippen molar-refractivity contribution in [3.8, 4) is 5.75 Å². The van der Waals surface area contributed by atoms with Crippen LogP contribution in [0.1, 0.15) is 47.8 Å². The molecule has 0 fully saturated rings. The number of ether oxygens (including phenoxy) is 1. The Morgan fingerprint density at radius 1 is 1.36 bits per heavy atom. The van der Waals surface area contributed by atoms with Crippen molar-refractivity contribution in [1.82, 2.24) is 10.3 Å². The van der Waals surface area contributed by atoms with Crippen LogP contribution in [-0.4, -0.2) is 16.5 Å². The molecule has 22 heavy (non-hydrogen) atoms. The molecule has 4 heteroatoms. The Labute approximate surface area is 130 Å². The maximum atomic E-state index is 12.4. The quantitative estimate of drug-likeness (QED) is 0.923. The van der Waals surface area contributed by atoms with Crippen molar-refractivity contribution in [2.24, 2.45) is 0 Å². The van der Waals surface area contributed by atoms with Crippen molar-refractivity contribution < 1.29 is 9.53 Å². The van der Waals surface area contributed by atoms with Crippen molar-refractivity contribution in [1.29, 1.82) is 0 Å². The average Bonchev–Trinajstić information content (AvgIpc) is 2.48. The molecule has 1 atom stereocenters. The van der Waals surface area contributed by atoms with Gasteiger partial charge in [-0.25, -0.2) is 0 Å². The van der Waals surface area contributed by atoms with Crippen LogP contribution in [0.5, 0.6) is 5.75 Å². The van der Waals surface area contributed by atoms with Crippen molar-refractivity contribution in [3.63, 3.8) is 0 Å². The summed E-state index contributed by atoms with van der Waals surface area (Å²) in [4.78, 5) is 16.4. The Kier molecular flexibility index (Phi) is 3.61. The van der Waals surface area contributed by atoms with Gasteiger partial charge in [0.05, 0.1) is 11.6 Å². The van der Waals surface area contributed by atoms with E-state index in [4.69, 9.17) is 4.74 Å². The summed E-state index contributed by atoms with van der Waals surface area (Å²) < 4.78 is 6.03. The molecule has 1 aromatic heterocycles. The molecule has 3 rings (SSSR count). The van der Waals surface area contributed by atoms with Crippen molar-refractivity contribution in [2.45, 2.75) is 38.8 Å². The largest absolute Gasteiger partial charge is 0.487 e. The Balaban J connectivity index is 1.90. The van der Waals surface area contributed by atoms with E-state index in [1.54, 1.807) is 24.5 Å². The number of hydrogen-bond acceptors (Lipinski definition) is 3. The lowest BCUT2D eigenvalue weighted by Gasteiger charge is -2.38. The summed E-state index contributed by atoms with van der Waals surface area (Å²) in [5, 5.41) is 3.12. The highest BCUT2D eigenvalue weighted by Gasteiger charge is 2.34. The first-order valence-electron chi connectivity index (χ1n) is 7.45. The van der Waals surface area contributed by atoms with Crippen LogP contribution in [0.2, 0.25) is 0 Å². The van der Waals surface area contributed by atoms with Gasteiger partial charge < -0.3 is 10.1 Å². The number of rotatable bonds is 2. The molecule has 1 aromatic carbocycles. The van der Waals surface area contributed by atoms with E-state index in [0.717, 1.165) is 23.3 Å². The molecule has 1 aliphatic heterocycles. The zero-order valence-corrected chi connectivity index (χ0v) is 13.1. The molecule has 1 aliphatic rings. The molecule has 2 aromatic rings. The van der Waals surface area contributed by atoms with Gasteiger partial charge in [0.1, 0.15) is 11.4 Å². The molecule has 0 saturated carbocycles. The Morgan fingerprint density at radius 3 is 2.91 bits per heavy atom. The van der Waals surface area contributed by atoms with E-state index in [1.807, 2.05) is 32.9 Å². The lowest BCUT2D eigenvalue weighted by molar-refractivity contribution is 0.0619. The second-order valence-corrected chi connectivity index (χ2v) is 6.37. The Bertz CT molecular complexity index is 695. The van der Waals surface area contributed by atoms with Crippen molar-refractivity contribution >= 4 is 5.91 Å². The molecule has 0 saturated heterocycles. The highest BCUT2D eigenvalue weighted by molar-refractivity contribution is 5.94. The van der Waals surface area contributed by atoms with Gasteiger partial charge in [-0.1, -0.05) is 17.7 Å². The Morgan fingerprint density at radius 2 is 2.18 bits per heavy atom. The average molecular weight is 296 g/mol. The van der Waals surface area contributed by atoms with E-state index < -0.39 is 0 Å². The maximum Gasteiger partial charge on any atom is 0.253 e. The number of amides is 1. The van der Waals surface area contributed by atoms with Gasteiger partial charge in [-0.2, -0.15) is 0 Å². The molecule has 4 nitrogen and oxygen atoms in total. The van der Waals surface area contributed by atoms with E-state index >= 15 is 0 Å². The minimum absolute atomic E-state index is 0.0636. The van der Waals surface area contributed by atoms with E-state index in [9.17, 15) is 4.79 Å². The molecular weight excluding hydrogens is 276 g/mol. The van der Waals surface area contributed by atoms with E-state index in [2.05, 4.69) is 16.4 Å². The first-order chi connectivity index (χ1) is 10.4. The molecule has 1 amide bonds. The maximum absolute atomic E-state index is 12.4. The normalized spacial score (nSPS) is 19.0. The van der Waals surface area contributed by atoms with Crippen LogP contribution in [0.4, 0.5) is 0 Å². The number of aryl methyl sites for hydroxylation is 1. The molecule has 0 radical (unpaired) electrons. The van der Waals surface area contributed by atoms with Crippen LogP contribution >= 0.6 is 0 Å². The van der Waals surface area contributed by atoms with Gasteiger partial charge >= 0.3 is 0 Å². The van der Waals surface area contributed by atoms with Crippen LogP contribution in [-0.2, 0) is 0 Å². The topological polar surface area (TPSA) is 51.2 Å². The van der Waals surface area contributed by atoms with Crippen LogP contribution in [0.15, 0.2) is 42.7 Å². The third-order valence-corrected chi connectivity index (χ3v) is 3.85. The molecule has 1 N–H and O–H groups in total. The van der Waals surface area contributed by atoms with Gasteiger partial charge in [0.15, 0.2) is 0 Å². The van der Waals surface area contributed by atoms with Crippen LogP contribution in [0, 0.1) is 6.92 Å². The molecule has 0 bridgehead atoms. The summed E-state index contributed by atoms with van der Waals surface area (Å²) in [7, 11) is 0. The first kappa shape index (κ1) is 14.6. The third-order valence-electron chi connectivity index (χ3n) is 3.85. The van der Waals surface area contributed by atoms with Crippen molar-refractivity contribution in [2.75, 3.05) is 0 Å². The van der Waals surface area contributed by atoms with E-state index in [0.29, 0.717) is 5.56 Å². The second-order valence-electron chi connectivity index (χ2n) is 6.37. The van der Waals surface area contributed by atoms with Gasteiger partial charge in [-0.3, -0.25) is 9.78 Å². The highest BCUT2D eigenvalue weighted by atomic mass is 16.5. The number of nitrogens with one attached hydrogen (secondary N) is 1. The van der Waals surface area contributed by atoms with Gasteiger partial charge in [0.2, 0.25) is 0 Å². The van der Waals surface area contributed by atoms with Gasteiger partial charge in [-0.05, 0) is 39.0 Å². The minimum Gasteiger partial charge on any atom is -0.487 e. The smallest absolute Gasteiger partial charge is 0.253 e. The molecule has 1 unspecified atom stereocenters. The monoisotopic (exact) mass is 296 g/mol. The summed E-state index contributed by atoms with van der Waals surface area (Å²) in [5.74, 6) is 0.738. The standard InChI is InChI=1S/C18H20N2O2/c1-12-6-7-16-14(9-12)15(10-18(2,3)22-16)20-17(21)13-5-4-8-19-11-13/h4-9,11,15H,10H2,1-3H3,(H,20,21). The number of carbonyl (C=O) groups excluding carboxylic acids is 1. The first-order valence-corrected chi connectivity index (χ1v) is 7.45. The number of hydrogen-bond donors (Lipinski definition) is 1. The number of nitrogens with zero attached hydrogens (tertiary/aromatic N) is 1. The lowest BCUT2D eigenvalue weighted by Crippen LogP contribution is -2.41. The van der Waals surface area contributed by atoms with Gasteiger partial charge in [-0.15, -0.1) is 0 Å². The molecule has 0 spiro atoms. The minimum atomic E-state index is -0.310.